The summed E-state index contributed by atoms with van der Waals surface area (Å²) in [5.41, 5.74) is 3.70. The molecule has 0 N–H and O–H groups in total. The van der Waals surface area contributed by atoms with E-state index in [9.17, 15) is 14.4 Å². The van der Waals surface area contributed by atoms with Gasteiger partial charge in [-0.15, -0.1) is 11.3 Å². The summed E-state index contributed by atoms with van der Waals surface area (Å²) in [6, 6.07) is 16.8. The maximum Gasteiger partial charge on any atom is 0.341 e. The summed E-state index contributed by atoms with van der Waals surface area (Å²) in [6.07, 6.45) is -0.994. The summed E-state index contributed by atoms with van der Waals surface area (Å²) in [5, 5.41) is 1.98. The lowest BCUT2D eigenvalue weighted by Gasteiger charge is -2.28. The average Bonchev–Trinajstić information content (AvgIpc) is 3.45. The number of nitrogens with zero attached hydrogens (tertiary/aromatic N) is 2. The molecule has 2 saturated heterocycles. The number of carbonyl (C=O) groups excluding carboxylic acids is 3. The minimum atomic E-state index is -0.994. The molecule has 180 valence electrons. The van der Waals surface area contributed by atoms with Crippen LogP contribution >= 0.6 is 11.3 Å². The van der Waals surface area contributed by atoms with Crippen LogP contribution in [0.4, 0.5) is 10.7 Å². The van der Waals surface area contributed by atoms with Gasteiger partial charge in [0.15, 0.2) is 6.10 Å². The highest BCUT2D eigenvalue weighted by Gasteiger charge is 2.61. The van der Waals surface area contributed by atoms with Crippen molar-refractivity contribution in [1.29, 1.82) is 0 Å². The van der Waals surface area contributed by atoms with Crippen LogP contribution in [0, 0.1) is 26.7 Å². The molecule has 3 atom stereocenters. The fraction of sp³-hybridized carbons (Fsp3) is 0.296. The van der Waals surface area contributed by atoms with Crippen molar-refractivity contribution in [2.45, 2.75) is 39.8 Å². The number of hydrogen-bond donors (Lipinski definition) is 0. The van der Waals surface area contributed by atoms with Gasteiger partial charge >= 0.3 is 5.97 Å². The van der Waals surface area contributed by atoms with Gasteiger partial charge in [-0.05, 0) is 51.0 Å². The Labute approximate surface area is 207 Å². The first-order valence-corrected chi connectivity index (χ1v) is 12.4. The molecule has 3 aromatic rings. The average molecular weight is 491 g/mol. The van der Waals surface area contributed by atoms with Crippen LogP contribution in [0.3, 0.4) is 0 Å². The van der Waals surface area contributed by atoms with E-state index in [1.165, 1.54) is 11.3 Å². The number of anilines is 2. The molecule has 2 amide bonds. The van der Waals surface area contributed by atoms with Gasteiger partial charge in [0.05, 0.1) is 23.9 Å². The van der Waals surface area contributed by atoms with Gasteiger partial charge in [0.1, 0.15) is 10.9 Å². The molecular weight excluding hydrogens is 464 g/mol. The minimum Gasteiger partial charge on any atom is -0.462 e. The Bertz CT molecular complexity index is 1300. The van der Waals surface area contributed by atoms with E-state index in [1.54, 1.807) is 18.9 Å². The first-order valence-electron chi connectivity index (χ1n) is 11.6. The van der Waals surface area contributed by atoms with Gasteiger partial charge in [-0.2, -0.15) is 0 Å². The van der Waals surface area contributed by atoms with Crippen LogP contribution in [0.5, 0.6) is 0 Å². The van der Waals surface area contributed by atoms with Crippen LogP contribution in [-0.2, 0) is 19.2 Å². The van der Waals surface area contributed by atoms with E-state index in [0.29, 0.717) is 10.6 Å². The largest absolute Gasteiger partial charge is 0.462 e. The Balaban J connectivity index is 1.59. The maximum absolute atomic E-state index is 13.9. The fourth-order valence-corrected chi connectivity index (χ4v) is 5.88. The zero-order valence-corrected chi connectivity index (χ0v) is 20.8. The number of para-hydroxylation sites is 1. The predicted octanol–water partition coefficient (Wildman–Crippen LogP) is 4.90. The van der Waals surface area contributed by atoms with Gasteiger partial charge in [-0.3, -0.25) is 14.4 Å². The van der Waals surface area contributed by atoms with Crippen molar-refractivity contribution in [2.24, 2.45) is 5.92 Å². The lowest BCUT2D eigenvalue weighted by Crippen LogP contribution is -2.37. The molecule has 5 rings (SSSR count). The molecule has 0 bridgehead atoms. The molecule has 7 nitrogen and oxygen atoms in total. The van der Waals surface area contributed by atoms with Gasteiger partial charge in [-0.25, -0.2) is 14.8 Å². The number of hydroxylamine groups is 1. The smallest absolute Gasteiger partial charge is 0.341 e. The number of benzene rings is 2. The third-order valence-corrected chi connectivity index (χ3v) is 7.79. The number of hydrogen-bond acceptors (Lipinski definition) is 7. The molecule has 8 heteroatoms. The standard InChI is InChI=1S/C27H26N2O5S/c1-5-33-27(32)20-16(3)17(4)35-26(20)28-24(30)21-22(18-13-11-15(2)12-14-18)29(34-23(21)25(28)31)19-9-7-6-8-10-19/h6-14,21-23H,5H2,1-4H3/t21-,22-,23-/m1/s1. The number of carbonyl (C=O) groups is 3. The molecular formula is C27H26N2O5S. The molecule has 2 fully saturated rings. The Morgan fingerprint density at radius 1 is 1.00 bits per heavy atom. The second kappa shape index (κ2) is 8.94. The molecule has 3 heterocycles. The number of fused-ring (bicyclic) bond motifs is 1. The number of imide groups is 1. The Kier molecular flexibility index (Phi) is 5.94. The van der Waals surface area contributed by atoms with Crippen molar-refractivity contribution in [2.75, 3.05) is 16.6 Å². The van der Waals surface area contributed by atoms with Crippen molar-refractivity contribution in [3.05, 3.63) is 81.7 Å². The van der Waals surface area contributed by atoms with Crippen molar-refractivity contribution in [3.8, 4) is 0 Å². The zero-order chi connectivity index (χ0) is 24.9. The summed E-state index contributed by atoms with van der Waals surface area (Å²) < 4.78 is 5.24. The second-order valence-electron chi connectivity index (χ2n) is 8.76. The third kappa shape index (κ3) is 3.73. The van der Waals surface area contributed by atoms with E-state index >= 15 is 0 Å². The number of rotatable bonds is 5. The molecule has 0 aliphatic carbocycles. The highest BCUT2D eigenvalue weighted by atomic mass is 32.1. The second-order valence-corrected chi connectivity index (χ2v) is 9.97. The van der Waals surface area contributed by atoms with Crippen molar-refractivity contribution in [1.82, 2.24) is 0 Å². The number of amides is 2. The summed E-state index contributed by atoms with van der Waals surface area (Å²) in [5.74, 6) is -2.15. The van der Waals surface area contributed by atoms with E-state index in [2.05, 4.69) is 0 Å². The molecule has 2 aliphatic rings. The lowest BCUT2D eigenvalue weighted by molar-refractivity contribution is -0.126. The van der Waals surface area contributed by atoms with Crippen LogP contribution in [0.2, 0.25) is 0 Å². The van der Waals surface area contributed by atoms with Gasteiger partial charge in [0, 0.05) is 4.88 Å². The predicted molar refractivity (Wildman–Crippen MR) is 133 cm³/mol. The van der Waals surface area contributed by atoms with E-state index in [-0.39, 0.29) is 18.1 Å². The van der Waals surface area contributed by atoms with E-state index in [1.807, 2.05) is 68.4 Å². The van der Waals surface area contributed by atoms with E-state index in [4.69, 9.17) is 9.57 Å². The van der Waals surface area contributed by atoms with Crippen molar-refractivity contribution in [3.63, 3.8) is 0 Å². The van der Waals surface area contributed by atoms with Crippen LogP contribution in [0.15, 0.2) is 54.6 Å². The van der Waals surface area contributed by atoms with Gasteiger partial charge in [0.25, 0.3) is 5.91 Å². The van der Waals surface area contributed by atoms with Gasteiger partial charge in [-0.1, -0.05) is 48.0 Å². The molecule has 0 radical (unpaired) electrons. The number of esters is 1. The highest BCUT2D eigenvalue weighted by Crippen LogP contribution is 2.49. The van der Waals surface area contributed by atoms with Crippen LogP contribution in [0.1, 0.15) is 44.9 Å². The molecule has 0 unspecified atom stereocenters. The highest BCUT2D eigenvalue weighted by molar-refractivity contribution is 7.17. The SMILES string of the molecule is CCOC(=O)c1c(N2C(=O)[C@@H]3[C@@H](c4ccc(C)cc4)N(c4ccccc4)O[C@H]3C2=O)sc(C)c1C. The summed E-state index contributed by atoms with van der Waals surface area (Å²) >= 11 is 1.25. The van der Waals surface area contributed by atoms with Crippen molar-refractivity contribution < 1.29 is 24.0 Å². The molecule has 35 heavy (non-hydrogen) atoms. The van der Waals surface area contributed by atoms with Crippen LogP contribution in [-0.4, -0.2) is 30.5 Å². The summed E-state index contributed by atoms with van der Waals surface area (Å²) in [7, 11) is 0. The van der Waals surface area contributed by atoms with Crippen LogP contribution in [0.25, 0.3) is 0 Å². The zero-order valence-electron chi connectivity index (χ0n) is 20.0. The normalized spacial score (nSPS) is 21.5. The molecule has 2 aromatic carbocycles. The lowest BCUT2D eigenvalue weighted by atomic mass is 9.90. The number of thiophene rings is 1. The Morgan fingerprint density at radius 2 is 1.69 bits per heavy atom. The monoisotopic (exact) mass is 490 g/mol. The topological polar surface area (TPSA) is 76.2 Å². The minimum absolute atomic E-state index is 0.199. The number of ether oxygens (including phenoxy) is 1. The quantitative estimate of drug-likeness (QED) is 0.374. The number of aryl methyl sites for hydroxylation is 2. The molecule has 0 saturated carbocycles. The van der Waals surface area contributed by atoms with E-state index in [0.717, 1.165) is 26.6 Å². The van der Waals surface area contributed by atoms with Gasteiger partial charge < -0.3 is 4.74 Å². The van der Waals surface area contributed by atoms with Crippen molar-refractivity contribution >= 4 is 39.8 Å². The Hall–Kier alpha value is -3.49. The first kappa shape index (κ1) is 23.3. The maximum atomic E-state index is 13.9. The van der Waals surface area contributed by atoms with E-state index < -0.39 is 29.9 Å². The first-order chi connectivity index (χ1) is 16.8. The third-order valence-electron chi connectivity index (χ3n) is 6.59. The molecule has 0 spiro atoms. The van der Waals surface area contributed by atoms with Crippen LogP contribution < -0.4 is 9.96 Å². The van der Waals surface area contributed by atoms with Gasteiger partial charge in [0.2, 0.25) is 5.91 Å². The summed E-state index contributed by atoms with van der Waals surface area (Å²) in [6.45, 7) is 7.58. The fourth-order valence-electron chi connectivity index (χ4n) is 4.73. The summed E-state index contributed by atoms with van der Waals surface area (Å²) in [4.78, 5) is 48.5. The molecule has 1 aromatic heterocycles. The molecule has 2 aliphatic heterocycles. The Morgan fingerprint density at radius 3 is 2.34 bits per heavy atom.